The molecule has 0 saturated carbocycles. The van der Waals surface area contributed by atoms with Gasteiger partial charge in [-0.2, -0.15) is 0 Å². The molecule has 0 aliphatic carbocycles. The van der Waals surface area contributed by atoms with Gasteiger partial charge in [0.1, 0.15) is 10.7 Å². The first kappa shape index (κ1) is 15.6. The lowest BCUT2D eigenvalue weighted by Crippen LogP contribution is -2.27. The average Bonchev–Trinajstić information content (AvgIpc) is 2.41. The van der Waals surface area contributed by atoms with Crippen LogP contribution in [0.2, 0.25) is 5.02 Å². The zero-order valence-corrected chi connectivity index (χ0v) is 13.0. The Morgan fingerprint density at radius 3 is 2.52 bits per heavy atom. The topological polar surface area (TPSA) is 63.4 Å². The molecule has 0 unspecified atom stereocenters. The zero-order chi connectivity index (χ0) is 15.8. The first-order chi connectivity index (χ1) is 9.73. The van der Waals surface area contributed by atoms with Crippen LogP contribution >= 0.6 is 11.6 Å². The van der Waals surface area contributed by atoms with Gasteiger partial charge in [0.25, 0.3) is 10.0 Å². The molecule has 0 amide bonds. The highest BCUT2D eigenvalue weighted by Crippen LogP contribution is 2.30. The summed E-state index contributed by atoms with van der Waals surface area (Å²) in [6.45, 7) is 1.73. The van der Waals surface area contributed by atoms with Gasteiger partial charge in [-0.15, -0.1) is 0 Å². The quantitative estimate of drug-likeness (QED) is 0.880. The van der Waals surface area contributed by atoms with Crippen molar-refractivity contribution >= 4 is 33.0 Å². The summed E-state index contributed by atoms with van der Waals surface area (Å²) in [5.74, 6) is -0.524. The summed E-state index contributed by atoms with van der Waals surface area (Å²) in [6.07, 6.45) is 0. The first-order valence-corrected chi connectivity index (χ1v) is 7.85. The molecule has 2 aromatic rings. The average molecular weight is 329 g/mol. The third-order valence-corrected chi connectivity index (χ3v) is 5.38. The molecule has 0 bridgehead atoms. The number of sulfonamides is 1. The maximum atomic E-state index is 13.2. The molecule has 2 aromatic carbocycles. The van der Waals surface area contributed by atoms with Gasteiger partial charge in [0.05, 0.1) is 10.7 Å². The summed E-state index contributed by atoms with van der Waals surface area (Å²) < 4.78 is 39.4. The van der Waals surface area contributed by atoms with Gasteiger partial charge in [-0.3, -0.25) is 4.31 Å². The summed E-state index contributed by atoms with van der Waals surface area (Å²) in [4.78, 5) is -0.112. The van der Waals surface area contributed by atoms with Gasteiger partial charge in [-0.05, 0) is 42.8 Å². The molecule has 4 nitrogen and oxygen atoms in total. The van der Waals surface area contributed by atoms with Gasteiger partial charge in [0.15, 0.2) is 0 Å². The Bertz CT molecular complexity index is 794. The molecule has 0 fully saturated rings. The molecule has 0 atom stereocenters. The Morgan fingerprint density at radius 1 is 1.24 bits per heavy atom. The fourth-order valence-electron chi connectivity index (χ4n) is 1.82. The van der Waals surface area contributed by atoms with E-state index >= 15 is 0 Å². The number of nitrogens with two attached hydrogens (primary N) is 1. The number of benzene rings is 2. The smallest absolute Gasteiger partial charge is 0.265 e. The van der Waals surface area contributed by atoms with E-state index in [0.29, 0.717) is 11.3 Å². The Hall–Kier alpha value is -1.79. The predicted octanol–water partition coefficient (Wildman–Crippen LogP) is 3.19. The Balaban J connectivity index is 2.54. The van der Waals surface area contributed by atoms with E-state index in [4.69, 9.17) is 17.3 Å². The lowest BCUT2D eigenvalue weighted by molar-refractivity contribution is 0.594. The van der Waals surface area contributed by atoms with Crippen molar-refractivity contribution in [1.29, 1.82) is 0 Å². The highest BCUT2D eigenvalue weighted by molar-refractivity contribution is 7.93. The fourth-order valence-corrected chi connectivity index (χ4v) is 3.60. The largest absolute Gasteiger partial charge is 0.398 e. The van der Waals surface area contributed by atoms with Gasteiger partial charge < -0.3 is 5.73 Å². The molecule has 112 valence electrons. The standard InChI is InChI=1S/C14H14ClFN2O2S/c1-9-6-12(15)14(8-13(9)17)21(19,20)18(2)11-5-3-4-10(16)7-11/h3-8H,17H2,1-2H3. The van der Waals surface area contributed by atoms with Crippen molar-refractivity contribution in [3.8, 4) is 0 Å². The fraction of sp³-hybridized carbons (Fsp3) is 0.143. The molecule has 0 aromatic heterocycles. The number of nitrogen functional groups attached to an aromatic ring is 1. The van der Waals surface area contributed by atoms with E-state index in [1.807, 2.05) is 0 Å². The van der Waals surface area contributed by atoms with E-state index in [1.54, 1.807) is 6.92 Å². The van der Waals surface area contributed by atoms with Crippen LogP contribution < -0.4 is 10.0 Å². The monoisotopic (exact) mass is 328 g/mol. The number of anilines is 2. The maximum Gasteiger partial charge on any atom is 0.265 e. The van der Waals surface area contributed by atoms with Crippen molar-refractivity contribution < 1.29 is 12.8 Å². The van der Waals surface area contributed by atoms with Crippen molar-refractivity contribution in [3.05, 3.63) is 52.8 Å². The molecule has 0 heterocycles. The van der Waals surface area contributed by atoms with E-state index < -0.39 is 15.8 Å². The van der Waals surface area contributed by atoms with E-state index in [-0.39, 0.29) is 15.6 Å². The molecule has 2 rings (SSSR count). The van der Waals surface area contributed by atoms with Crippen LogP contribution in [0.15, 0.2) is 41.3 Å². The lowest BCUT2D eigenvalue weighted by Gasteiger charge is -2.20. The molecule has 7 heteroatoms. The van der Waals surface area contributed by atoms with E-state index in [2.05, 4.69) is 0 Å². The number of rotatable bonds is 3. The molecule has 0 spiro atoms. The summed E-state index contributed by atoms with van der Waals surface area (Å²) in [5.41, 5.74) is 6.96. The number of halogens is 2. The maximum absolute atomic E-state index is 13.2. The minimum absolute atomic E-state index is 0.0740. The summed E-state index contributed by atoms with van der Waals surface area (Å²) >= 11 is 6.01. The second kappa shape index (κ2) is 5.54. The van der Waals surface area contributed by atoms with Crippen LogP contribution in [0.4, 0.5) is 15.8 Å². The second-order valence-electron chi connectivity index (χ2n) is 4.59. The molecule has 0 radical (unpaired) electrons. The summed E-state index contributed by atoms with van der Waals surface area (Å²) in [6, 6.07) is 8.09. The number of nitrogens with zero attached hydrogens (tertiary/aromatic N) is 1. The van der Waals surface area contributed by atoms with Gasteiger partial charge in [-0.1, -0.05) is 17.7 Å². The second-order valence-corrected chi connectivity index (χ2v) is 6.94. The van der Waals surface area contributed by atoms with Crippen LogP contribution in [-0.2, 0) is 10.0 Å². The Morgan fingerprint density at radius 2 is 1.90 bits per heavy atom. The SMILES string of the molecule is Cc1cc(Cl)c(S(=O)(=O)N(C)c2cccc(F)c2)cc1N. The first-order valence-electron chi connectivity index (χ1n) is 6.03. The van der Waals surface area contributed by atoms with Crippen molar-refractivity contribution in [2.24, 2.45) is 0 Å². The highest BCUT2D eigenvalue weighted by Gasteiger charge is 2.25. The third-order valence-electron chi connectivity index (χ3n) is 3.13. The van der Waals surface area contributed by atoms with Gasteiger partial charge >= 0.3 is 0 Å². The van der Waals surface area contributed by atoms with Crippen LogP contribution in [0, 0.1) is 12.7 Å². The minimum Gasteiger partial charge on any atom is -0.398 e. The lowest BCUT2D eigenvalue weighted by atomic mass is 10.2. The van der Waals surface area contributed by atoms with Crippen LogP contribution in [0.5, 0.6) is 0 Å². The molecule has 2 N–H and O–H groups in total. The molecule has 0 aliphatic heterocycles. The normalized spacial score (nSPS) is 11.4. The summed E-state index contributed by atoms with van der Waals surface area (Å²) in [5, 5.41) is 0.0740. The van der Waals surface area contributed by atoms with E-state index in [9.17, 15) is 12.8 Å². The molecule has 0 aliphatic rings. The number of aryl methyl sites for hydroxylation is 1. The number of hydrogen-bond acceptors (Lipinski definition) is 3. The van der Waals surface area contributed by atoms with Gasteiger partial charge in [-0.25, -0.2) is 12.8 Å². The Labute approximate surface area is 128 Å². The van der Waals surface area contributed by atoms with Crippen molar-refractivity contribution in [2.45, 2.75) is 11.8 Å². The molecular weight excluding hydrogens is 315 g/mol. The van der Waals surface area contributed by atoms with Crippen LogP contribution in [0.3, 0.4) is 0 Å². The van der Waals surface area contributed by atoms with E-state index in [1.165, 1.54) is 37.4 Å². The molecule has 21 heavy (non-hydrogen) atoms. The zero-order valence-electron chi connectivity index (χ0n) is 11.5. The predicted molar refractivity (Wildman–Crippen MR) is 82.6 cm³/mol. The van der Waals surface area contributed by atoms with Crippen molar-refractivity contribution in [2.75, 3.05) is 17.1 Å². The van der Waals surface area contributed by atoms with Gasteiger partial charge in [0.2, 0.25) is 0 Å². The minimum atomic E-state index is -3.92. The van der Waals surface area contributed by atoms with Crippen molar-refractivity contribution in [1.82, 2.24) is 0 Å². The van der Waals surface area contributed by atoms with Crippen molar-refractivity contribution in [3.63, 3.8) is 0 Å². The van der Waals surface area contributed by atoms with Gasteiger partial charge in [0, 0.05) is 12.7 Å². The molecular formula is C14H14ClFN2O2S. The summed E-state index contributed by atoms with van der Waals surface area (Å²) in [7, 11) is -2.59. The highest BCUT2D eigenvalue weighted by atomic mass is 35.5. The van der Waals surface area contributed by atoms with E-state index in [0.717, 1.165) is 10.4 Å². The Kier molecular flexibility index (Phi) is 4.11. The van der Waals surface area contributed by atoms with Crippen LogP contribution in [0.25, 0.3) is 0 Å². The number of hydrogen-bond donors (Lipinski definition) is 1. The third kappa shape index (κ3) is 2.96. The van der Waals surface area contributed by atoms with Crippen LogP contribution in [0.1, 0.15) is 5.56 Å². The molecule has 0 saturated heterocycles. The van der Waals surface area contributed by atoms with Crippen LogP contribution in [-0.4, -0.2) is 15.5 Å².